The van der Waals surface area contributed by atoms with Crippen LogP contribution < -0.4 is 14.5 Å². The first kappa shape index (κ1) is 17.8. The zero-order chi connectivity index (χ0) is 19.0. The Morgan fingerprint density at radius 3 is 2.70 bits per heavy atom. The Balaban J connectivity index is 1.66. The number of rotatable bonds is 4. The summed E-state index contributed by atoms with van der Waals surface area (Å²) in [7, 11) is 1.63. The van der Waals surface area contributed by atoms with Crippen LogP contribution in [-0.2, 0) is 13.1 Å². The van der Waals surface area contributed by atoms with Crippen LogP contribution in [0.1, 0.15) is 32.1 Å². The number of fused-ring (bicyclic) bond motifs is 1. The van der Waals surface area contributed by atoms with Crippen LogP contribution in [0, 0.1) is 13.8 Å². The number of thiophene rings is 1. The lowest BCUT2D eigenvalue weighted by atomic mass is 10.1. The van der Waals surface area contributed by atoms with Crippen LogP contribution in [0.4, 0.5) is 5.00 Å². The molecule has 1 aromatic carbocycles. The third-order valence-corrected chi connectivity index (χ3v) is 6.40. The highest BCUT2D eigenvalue weighted by Gasteiger charge is 2.34. The minimum atomic E-state index is 0.0248. The van der Waals surface area contributed by atoms with Crippen LogP contribution in [0.5, 0.6) is 5.75 Å². The molecule has 5 nitrogen and oxygen atoms in total. The summed E-state index contributed by atoms with van der Waals surface area (Å²) in [6.45, 7) is 6.56. The van der Waals surface area contributed by atoms with Crippen LogP contribution in [0.2, 0.25) is 0 Å². The van der Waals surface area contributed by atoms with E-state index in [4.69, 9.17) is 9.15 Å². The van der Waals surface area contributed by atoms with E-state index in [1.165, 1.54) is 20.9 Å². The molecule has 0 bridgehead atoms. The second kappa shape index (κ2) is 7.21. The fourth-order valence-corrected chi connectivity index (χ4v) is 4.69. The number of benzene rings is 1. The minimum absolute atomic E-state index is 0.0248. The zero-order valence-corrected chi connectivity index (χ0v) is 16.6. The summed E-state index contributed by atoms with van der Waals surface area (Å²) in [5, 5.41) is 1.08. The summed E-state index contributed by atoms with van der Waals surface area (Å²) in [4.78, 5) is 17.8. The molecule has 1 aliphatic rings. The van der Waals surface area contributed by atoms with E-state index in [1.54, 1.807) is 24.7 Å². The van der Waals surface area contributed by atoms with Gasteiger partial charge in [-0.05, 0) is 55.8 Å². The SMILES string of the molecule is COc1ccc(C(=O)N2C[NH+](Cc3ccco3)Cc3c2sc(C)c3C)cc1. The Labute approximate surface area is 162 Å². The van der Waals surface area contributed by atoms with Crippen molar-refractivity contribution in [2.24, 2.45) is 0 Å². The highest BCUT2D eigenvalue weighted by atomic mass is 32.1. The van der Waals surface area contributed by atoms with E-state index in [0.29, 0.717) is 12.2 Å². The van der Waals surface area contributed by atoms with Crippen molar-refractivity contribution >= 4 is 22.2 Å². The molecule has 0 spiro atoms. The molecule has 4 rings (SSSR count). The lowest BCUT2D eigenvalue weighted by Gasteiger charge is -2.32. The fraction of sp³-hybridized carbons (Fsp3) is 0.286. The number of methoxy groups -OCH3 is 1. The van der Waals surface area contributed by atoms with Gasteiger partial charge in [-0.3, -0.25) is 9.69 Å². The maximum Gasteiger partial charge on any atom is 0.263 e. The molecule has 3 aromatic rings. The van der Waals surface area contributed by atoms with Gasteiger partial charge in [0.1, 0.15) is 23.8 Å². The Morgan fingerprint density at radius 1 is 1.26 bits per heavy atom. The number of carbonyl (C=O) groups is 1. The maximum absolute atomic E-state index is 13.3. The standard InChI is InChI=1S/C21H22N2O3S/c1-14-15(2)27-21-19(14)12-22(11-18-5-4-10-26-18)13-23(21)20(24)16-6-8-17(25-3)9-7-16/h4-10H,11-13H2,1-3H3/p+1. The molecule has 2 aromatic heterocycles. The Kier molecular flexibility index (Phi) is 4.76. The first-order valence-corrected chi connectivity index (χ1v) is 9.79. The number of nitrogens with one attached hydrogen (secondary N) is 1. The van der Waals surface area contributed by atoms with Gasteiger partial charge in [0.15, 0.2) is 12.4 Å². The van der Waals surface area contributed by atoms with Gasteiger partial charge in [0.2, 0.25) is 0 Å². The predicted octanol–water partition coefficient (Wildman–Crippen LogP) is 3.17. The van der Waals surface area contributed by atoms with Gasteiger partial charge in [-0.2, -0.15) is 0 Å². The van der Waals surface area contributed by atoms with E-state index in [0.717, 1.165) is 29.6 Å². The summed E-state index contributed by atoms with van der Waals surface area (Å²) in [5.74, 6) is 1.71. The molecule has 0 aliphatic carbocycles. The highest BCUT2D eigenvalue weighted by molar-refractivity contribution is 7.16. The van der Waals surface area contributed by atoms with Gasteiger partial charge in [0, 0.05) is 16.0 Å². The molecule has 0 saturated heterocycles. The smallest absolute Gasteiger partial charge is 0.263 e. The molecule has 3 heterocycles. The fourth-order valence-electron chi connectivity index (χ4n) is 3.51. The van der Waals surface area contributed by atoms with E-state index in [2.05, 4.69) is 13.8 Å². The second-order valence-corrected chi connectivity index (χ2v) is 8.07. The van der Waals surface area contributed by atoms with Gasteiger partial charge in [0.25, 0.3) is 5.91 Å². The molecule has 1 atom stereocenters. The van der Waals surface area contributed by atoms with Crippen LogP contribution in [0.15, 0.2) is 47.1 Å². The van der Waals surface area contributed by atoms with Gasteiger partial charge in [-0.25, -0.2) is 0 Å². The molecule has 27 heavy (non-hydrogen) atoms. The maximum atomic E-state index is 13.3. The molecule has 1 amide bonds. The summed E-state index contributed by atoms with van der Waals surface area (Å²) in [6, 6.07) is 11.2. The van der Waals surface area contributed by atoms with Crippen molar-refractivity contribution in [3.8, 4) is 5.75 Å². The second-order valence-electron chi connectivity index (χ2n) is 6.87. The summed E-state index contributed by atoms with van der Waals surface area (Å²) in [6.07, 6.45) is 1.70. The minimum Gasteiger partial charge on any atom is -0.497 e. The topological polar surface area (TPSA) is 47.1 Å². The van der Waals surface area contributed by atoms with Crippen LogP contribution in [0.3, 0.4) is 0 Å². The zero-order valence-electron chi connectivity index (χ0n) is 15.7. The summed E-state index contributed by atoms with van der Waals surface area (Å²) >= 11 is 1.71. The lowest BCUT2D eigenvalue weighted by molar-refractivity contribution is -0.928. The third kappa shape index (κ3) is 3.38. The lowest BCUT2D eigenvalue weighted by Crippen LogP contribution is -3.12. The molecule has 6 heteroatoms. The molecular weight excluding hydrogens is 360 g/mol. The number of quaternary nitrogens is 1. The van der Waals surface area contributed by atoms with Crippen LogP contribution in [-0.4, -0.2) is 19.7 Å². The molecule has 0 saturated carbocycles. The number of hydrogen-bond donors (Lipinski definition) is 1. The van der Waals surface area contributed by atoms with Crippen molar-refractivity contribution in [1.29, 1.82) is 0 Å². The molecule has 0 radical (unpaired) electrons. The molecule has 1 unspecified atom stereocenters. The van der Waals surface area contributed by atoms with Crippen molar-refractivity contribution in [2.45, 2.75) is 26.9 Å². The normalized spacial score (nSPS) is 16.3. The van der Waals surface area contributed by atoms with E-state index in [9.17, 15) is 4.79 Å². The van der Waals surface area contributed by atoms with Crippen molar-refractivity contribution in [1.82, 2.24) is 0 Å². The largest absolute Gasteiger partial charge is 0.497 e. The molecule has 1 aliphatic heterocycles. The molecule has 1 N–H and O–H groups in total. The summed E-state index contributed by atoms with van der Waals surface area (Å²) in [5.41, 5.74) is 3.23. The summed E-state index contributed by atoms with van der Waals surface area (Å²) < 4.78 is 10.7. The van der Waals surface area contributed by atoms with Gasteiger partial charge >= 0.3 is 0 Å². The average Bonchev–Trinajstić information content (AvgIpc) is 3.30. The predicted molar refractivity (Wildman–Crippen MR) is 106 cm³/mol. The molecule has 140 valence electrons. The van der Waals surface area contributed by atoms with Gasteiger partial charge in [-0.1, -0.05) is 0 Å². The van der Waals surface area contributed by atoms with Crippen LogP contribution in [0.25, 0.3) is 0 Å². The van der Waals surface area contributed by atoms with Crippen LogP contribution >= 0.6 is 11.3 Å². The Hall–Kier alpha value is -2.57. The monoisotopic (exact) mass is 383 g/mol. The molecule has 0 fully saturated rings. The average molecular weight is 383 g/mol. The van der Waals surface area contributed by atoms with Crippen molar-refractivity contribution in [3.63, 3.8) is 0 Å². The third-order valence-electron chi connectivity index (χ3n) is 5.13. The Morgan fingerprint density at radius 2 is 2.04 bits per heavy atom. The number of anilines is 1. The van der Waals surface area contributed by atoms with E-state index >= 15 is 0 Å². The van der Waals surface area contributed by atoms with Gasteiger partial charge in [0.05, 0.1) is 13.4 Å². The van der Waals surface area contributed by atoms with Gasteiger partial charge in [-0.15, -0.1) is 11.3 Å². The quantitative estimate of drug-likeness (QED) is 0.753. The number of carbonyl (C=O) groups excluding carboxylic acids is 1. The number of ether oxygens (including phenoxy) is 1. The van der Waals surface area contributed by atoms with Crippen molar-refractivity contribution in [3.05, 3.63) is 70.0 Å². The highest BCUT2D eigenvalue weighted by Crippen LogP contribution is 2.37. The number of nitrogens with zero attached hydrogens (tertiary/aromatic N) is 1. The number of hydrogen-bond acceptors (Lipinski definition) is 4. The van der Waals surface area contributed by atoms with Crippen molar-refractivity contribution in [2.75, 3.05) is 18.7 Å². The van der Waals surface area contributed by atoms with Crippen molar-refractivity contribution < 1.29 is 18.8 Å². The number of amides is 1. The number of aryl methyl sites for hydroxylation is 1. The first-order valence-electron chi connectivity index (χ1n) is 8.97. The van der Waals surface area contributed by atoms with E-state index in [1.807, 2.05) is 41.3 Å². The van der Waals surface area contributed by atoms with Gasteiger partial charge < -0.3 is 14.1 Å². The van der Waals surface area contributed by atoms with E-state index in [-0.39, 0.29) is 5.91 Å². The van der Waals surface area contributed by atoms with E-state index < -0.39 is 0 Å². The molecular formula is C21H23N2O3S+. The Bertz CT molecular complexity index is 945. The number of furan rings is 1. The first-order chi connectivity index (χ1) is 13.1.